The Kier molecular flexibility index (Phi) is 5.00. The predicted molar refractivity (Wildman–Crippen MR) is 121 cm³/mol. The molecule has 0 unspecified atom stereocenters. The number of hydrogen-bond donors (Lipinski definition) is 2. The third-order valence-electron chi connectivity index (χ3n) is 5.87. The van der Waals surface area contributed by atoms with Gasteiger partial charge < -0.3 is 10.4 Å². The Morgan fingerprint density at radius 2 is 1.65 bits per heavy atom. The van der Waals surface area contributed by atoms with Gasteiger partial charge in [-0.2, -0.15) is 5.10 Å². The number of carboxylic acids is 1. The number of aromatic nitrogens is 2. The maximum absolute atomic E-state index is 11.4. The van der Waals surface area contributed by atoms with Crippen LogP contribution in [0.2, 0.25) is 0 Å². The van der Waals surface area contributed by atoms with Crippen LogP contribution in [0.25, 0.3) is 5.69 Å². The van der Waals surface area contributed by atoms with Crippen LogP contribution < -0.4 is 5.32 Å². The molecule has 0 saturated carbocycles. The van der Waals surface area contributed by atoms with Crippen LogP contribution in [0.3, 0.4) is 0 Å². The lowest BCUT2D eigenvalue weighted by molar-refractivity contribution is 0.0697. The summed E-state index contributed by atoms with van der Waals surface area (Å²) in [7, 11) is 0. The fraction of sp³-hybridized carbons (Fsp3) is 0.154. The van der Waals surface area contributed by atoms with E-state index in [0.29, 0.717) is 0 Å². The number of rotatable bonds is 6. The minimum Gasteiger partial charge on any atom is -0.478 e. The molecule has 0 spiro atoms. The summed E-state index contributed by atoms with van der Waals surface area (Å²) in [6, 6.07) is 28.0. The highest BCUT2D eigenvalue weighted by atomic mass is 16.4. The minimum absolute atomic E-state index is 0.195. The molecule has 0 saturated heterocycles. The molecule has 1 aromatic heterocycles. The van der Waals surface area contributed by atoms with Crippen molar-refractivity contribution in [1.29, 1.82) is 0 Å². The molecule has 154 valence electrons. The number of carboxylic acid groups (broad SMARTS) is 1. The summed E-state index contributed by atoms with van der Waals surface area (Å²) in [6.45, 7) is 0.861. The lowest BCUT2D eigenvalue weighted by atomic mass is 9.86. The molecule has 0 amide bonds. The average molecular weight is 409 g/mol. The van der Waals surface area contributed by atoms with Gasteiger partial charge in [-0.05, 0) is 35.7 Å². The van der Waals surface area contributed by atoms with Crippen molar-refractivity contribution in [3.05, 3.63) is 113 Å². The molecule has 0 fully saturated rings. The minimum atomic E-state index is -0.938. The Hall–Kier alpha value is -3.86. The molecule has 1 aliphatic heterocycles. The standard InChI is InChI=1S/C26H23N3O2/c30-26(31)20-12-7-13-21(16-20)29-25-22(14-15-27-25)24(28-29)17-23(18-8-3-1-4-9-18)19-10-5-2-6-11-19/h1-13,16,23,27H,14-15,17H2,(H,30,31). The zero-order valence-electron chi connectivity index (χ0n) is 17.0. The highest BCUT2D eigenvalue weighted by Gasteiger charge is 2.26. The first kappa shape index (κ1) is 19.1. The molecule has 1 aliphatic rings. The normalized spacial score (nSPS) is 12.5. The number of hydrogen-bond acceptors (Lipinski definition) is 3. The Morgan fingerprint density at radius 1 is 0.968 bits per heavy atom. The van der Waals surface area contributed by atoms with Gasteiger partial charge in [0.1, 0.15) is 5.82 Å². The van der Waals surface area contributed by atoms with Crippen LogP contribution in [0, 0.1) is 0 Å². The first-order valence-corrected chi connectivity index (χ1v) is 10.5. The molecule has 0 aliphatic carbocycles. The van der Waals surface area contributed by atoms with Crippen molar-refractivity contribution in [2.24, 2.45) is 0 Å². The lowest BCUT2D eigenvalue weighted by Crippen LogP contribution is -2.09. The van der Waals surface area contributed by atoms with E-state index in [1.165, 1.54) is 16.7 Å². The van der Waals surface area contributed by atoms with E-state index >= 15 is 0 Å². The first-order valence-electron chi connectivity index (χ1n) is 10.5. The Balaban J connectivity index is 1.57. The van der Waals surface area contributed by atoms with Crippen molar-refractivity contribution in [3.8, 4) is 5.69 Å². The fourth-order valence-electron chi connectivity index (χ4n) is 4.36. The van der Waals surface area contributed by atoms with E-state index in [-0.39, 0.29) is 11.5 Å². The van der Waals surface area contributed by atoms with Crippen molar-refractivity contribution in [1.82, 2.24) is 9.78 Å². The molecule has 5 nitrogen and oxygen atoms in total. The molecule has 0 atom stereocenters. The van der Waals surface area contributed by atoms with E-state index in [0.717, 1.165) is 36.6 Å². The molecule has 2 heterocycles. The van der Waals surface area contributed by atoms with E-state index in [2.05, 4.69) is 53.8 Å². The van der Waals surface area contributed by atoms with Crippen molar-refractivity contribution < 1.29 is 9.90 Å². The molecule has 31 heavy (non-hydrogen) atoms. The topological polar surface area (TPSA) is 67.1 Å². The maximum atomic E-state index is 11.4. The molecule has 4 aromatic rings. The Morgan fingerprint density at radius 3 is 2.29 bits per heavy atom. The third kappa shape index (κ3) is 3.70. The van der Waals surface area contributed by atoms with E-state index in [1.807, 2.05) is 22.9 Å². The van der Waals surface area contributed by atoms with Crippen molar-refractivity contribution in [3.63, 3.8) is 0 Å². The molecule has 0 radical (unpaired) electrons. The Bertz CT molecular complexity index is 1180. The van der Waals surface area contributed by atoms with Gasteiger partial charge in [0.2, 0.25) is 0 Å². The van der Waals surface area contributed by atoms with Gasteiger partial charge in [0.25, 0.3) is 0 Å². The second-order valence-corrected chi connectivity index (χ2v) is 7.80. The second-order valence-electron chi connectivity index (χ2n) is 7.80. The molecule has 3 aromatic carbocycles. The number of nitrogens with one attached hydrogen (secondary N) is 1. The number of fused-ring (bicyclic) bond motifs is 1. The van der Waals surface area contributed by atoms with Gasteiger partial charge in [0, 0.05) is 24.4 Å². The molecule has 2 N–H and O–H groups in total. The SMILES string of the molecule is O=C(O)c1cccc(-n2nc(CC(c3ccccc3)c3ccccc3)c3c2NCC3)c1. The van der Waals surface area contributed by atoms with Crippen LogP contribution in [0.1, 0.15) is 38.7 Å². The molecular formula is C26H23N3O2. The van der Waals surface area contributed by atoms with Crippen LogP contribution in [-0.4, -0.2) is 27.4 Å². The monoisotopic (exact) mass is 409 g/mol. The second kappa shape index (κ2) is 8.11. The van der Waals surface area contributed by atoms with Gasteiger partial charge in [0.15, 0.2) is 0 Å². The van der Waals surface area contributed by atoms with Gasteiger partial charge in [-0.1, -0.05) is 66.7 Å². The summed E-state index contributed by atoms with van der Waals surface area (Å²) < 4.78 is 1.86. The summed E-state index contributed by atoms with van der Waals surface area (Å²) >= 11 is 0. The van der Waals surface area contributed by atoms with Gasteiger partial charge in [-0.15, -0.1) is 0 Å². The van der Waals surface area contributed by atoms with Crippen LogP contribution in [0.4, 0.5) is 5.82 Å². The summed E-state index contributed by atoms with van der Waals surface area (Å²) in [5, 5.41) is 17.8. The predicted octanol–water partition coefficient (Wildman–Crippen LogP) is 4.91. The van der Waals surface area contributed by atoms with Crippen LogP contribution in [0.15, 0.2) is 84.9 Å². The van der Waals surface area contributed by atoms with Crippen molar-refractivity contribution in [2.75, 3.05) is 11.9 Å². The first-order chi connectivity index (χ1) is 15.2. The number of aromatic carboxylic acids is 1. The summed E-state index contributed by atoms with van der Waals surface area (Å²) in [5.41, 5.74) is 5.81. The van der Waals surface area contributed by atoms with Crippen LogP contribution in [-0.2, 0) is 12.8 Å². The van der Waals surface area contributed by atoms with E-state index in [1.54, 1.807) is 18.2 Å². The maximum Gasteiger partial charge on any atom is 0.335 e. The summed E-state index contributed by atoms with van der Waals surface area (Å²) in [6.07, 6.45) is 1.70. The third-order valence-corrected chi connectivity index (χ3v) is 5.87. The number of benzene rings is 3. The molecule has 0 bridgehead atoms. The smallest absolute Gasteiger partial charge is 0.335 e. The van der Waals surface area contributed by atoms with E-state index < -0.39 is 5.97 Å². The van der Waals surface area contributed by atoms with Crippen LogP contribution >= 0.6 is 0 Å². The highest BCUT2D eigenvalue weighted by Crippen LogP contribution is 2.34. The average Bonchev–Trinajstić information content (AvgIpc) is 3.42. The van der Waals surface area contributed by atoms with Gasteiger partial charge in [0.05, 0.1) is 16.9 Å². The summed E-state index contributed by atoms with van der Waals surface area (Å²) in [5.74, 6) is 0.227. The Labute approximate surface area is 181 Å². The van der Waals surface area contributed by atoms with E-state index in [9.17, 15) is 9.90 Å². The lowest BCUT2D eigenvalue weighted by Gasteiger charge is -2.17. The van der Waals surface area contributed by atoms with Gasteiger partial charge in [-0.25, -0.2) is 9.48 Å². The zero-order chi connectivity index (χ0) is 21.2. The zero-order valence-corrected chi connectivity index (χ0v) is 17.0. The van der Waals surface area contributed by atoms with Crippen molar-refractivity contribution in [2.45, 2.75) is 18.8 Å². The molecule has 5 heteroatoms. The number of carbonyl (C=O) groups is 1. The molecular weight excluding hydrogens is 386 g/mol. The van der Waals surface area contributed by atoms with E-state index in [4.69, 9.17) is 5.10 Å². The number of nitrogens with zero attached hydrogens (tertiary/aromatic N) is 2. The fourth-order valence-corrected chi connectivity index (χ4v) is 4.36. The van der Waals surface area contributed by atoms with Crippen molar-refractivity contribution >= 4 is 11.8 Å². The largest absolute Gasteiger partial charge is 0.478 e. The van der Waals surface area contributed by atoms with Gasteiger partial charge >= 0.3 is 5.97 Å². The van der Waals surface area contributed by atoms with Gasteiger partial charge in [-0.3, -0.25) is 0 Å². The molecule has 5 rings (SSSR count). The summed E-state index contributed by atoms with van der Waals surface area (Å²) in [4.78, 5) is 11.4. The number of anilines is 1. The van der Waals surface area contributed by atoms with Crippen LogP contribution in [0.5, 0.6) is 0 Å². The quantitative estimate of drug-likeness (QED) is 0.475. The highest BCUT2D eigenvalue weighted by molar-refractivity contribution is 5.88.